The highest BCUT2D eigenvalue weighted by Gasteiger charge is 2.42. The summed E-state index contributed by atoms with van der Waals surface area (Å²) in [4.78, 5) is 12.8. The molecule has 1 N–H and O–H groups in total. The molecule has 0 amide bonds. The van der Waals surface area contributed by atoms with E-state index in [0.29, 0.717) is 12.1 Å². The van der Waals surface area contributed by atoms with Crippen molar-refractivity contribution in [3.63, 3.8) is 0 Å². The molecule has 0 aromatic rings. The number of carbonyl (C=O) groups is 1. The van der Waals surface area contributed by atoms with Crippen LogP contribution in [0, 0.1) is 5.92 Å². The molecule has 1 aliphatic carbocycles. The fourth-order valence-electron chi connectivity index (χ4n) is 2.17. The van der Waals surface area contributed by atoms with E-state index in [1.54, 1.807) is 0 Å². The number of hydrogen-bond donors (Lipinski definition) is 1. The molecule has 0 aromatic carbocycles. The molecule has 1 saturated heterocycles. The molecule has 4 heteroatoms. The zero-order chi connectivity index (χ0) is 10.1. The molecule has 80 valence electrons. The van der Waals surface area contributed by atoms with Crippen molar-refractivity contribution in [2.24, 2.45) is 5.92 Å². The summed E-state index contributed by atoms with van der Waals surface area (Å²) in [6, 6.07) is 0.585. The lowest BCUT2D eigenvalue weighted by atomic mass is 9.84. The highest BCUT2D eigenvalue weighted by Crippen LogP contribution is 2.32. The van der Waals surface area contributed by atoms with Crippen LogP contribution in [0.2, 0.25) is 0 Å². The second-order valence-corrected chi connectivity index (χ2v) is 4.19. The second kappa shape index (κ2) is 3.87. The normalized spacial score (nSPS) is 33.5. The average Bonchev–Trinajstić information content (AvgIpc) is 1.96. The lowest BCUT2D eigenvalue weighted by Crippen LogP contribution is -2.59. The number of rotatable bonds is 4. The van der Waals surface area contributed by atoms with Crippen LogP contribution in [0.3, 0.4) is 0 Å². The van der Waals surface area contributed by atoms with E-state index in [2.05, 4.69) is 4.90 Å². The average molecular weight is 199 g/mol. The third-order valence-corrected chi connectivity index (χ3v) is 3.25. The third-order valence-electron chi connectivity index (χ3n) is 3.25. The summed E-state index contributed by atoms with van der Waals surface area (Å²) in [5, 5.41) is 8.71. The SMILES string of the molecule is CCOC1CC(N2CC(C(=O)O)C2)C1. The van der Waals surface area contributed by atoms with Gasteiger partial charge in [0.15, 0.2) is 0 Å². The zero-order valence-electron chi connectivity index (χ0n) is 8.48. The smallest absolute Gasteiger partial charge is 0.309 e. The molecule has 1 heterocycles. The van der Waals surface area contributed by atoms with Crippen LogP contribution in [0.1, 0.15) is 19.8 Å². The summed E-state index contributed by atoms with van der Waals surface area (Å²) in [5.41, 5.74) is 0. The van der Waals surface area contributed by atoms with Crippen LogP contribution in [-0.2, 0) is 9.53 Å². The molecule has 0 aromatic heterocycles. The van der Waals surface area contributed by atoms with E-state index >= 15 is 0 Å². The van der Waals surface area contributed by atoms with Crippen molar-refractivity contribution in [3.8, 4) is 0 Å². The van der Waals surface area contributed by atoms with E-state index in [9.17, 15) is 4.79 Å². The Labute approximate surface area is 83.8 Å². The molecule has 14 heavy (non-hydrogen) atoms. The van der Waals surface area contributed by atoms with Crippen molar-refractivity contribution in [2.75, 3.05) is 19.7 Å². The highest BCUT2D eigenvalue weighted by molar-refractivity contribution is 5.71. The Kier molecular flexibility index (Phi) is 2.74. The number of carboxylic acid groups (broad SMARTS) is 1. The van der Waals surface area contributed by atoms with Crippen LogP contribution in [-0.4, -0.2) is 47.8 Å². The maximum atomic E-state index is 10.6. The predicted octanol–water partition coefficient (Wildman–Crippen LogP) is 0.570. The standard InChI is InChI=1S/C10H17NO3/c1-2-14-9-3-8(4-9)11-5-7(6-11)10(12)13/h7-9H,2-6H2,1H3,(H,12,13). The van der Waals surface area contributed by atoms with E-state index in [0.717, 1.165) is 32.5 Å². The number of ether oxygens (including phenoxy) is 1. The molecule has 0 spiro atoms. The van der Waals surface area contributed by atoms with Crippen LogP contribution in [0.5, 0.6) is 0 Å². The van der Waals surface area contributed by atoms with Crippen LogP contribution < -0.4 is 0 Å². The topological polar surface area (TPSA) is 49.8 Å². The van der Waals surface area contributed by atoms with Crippen molar-refractivity contribution in [1.29, 1.82) is 0 Å². The number of likely N-dealkylation sites (tertiary alicyclic amines) is 1. The largest absolute Gasteiger partial charge is 0.481 e. The molecular formula is C10H17NO3. The Balaban J connectivity index is 1.63. The van der Waals surface area contributed by atoms with Crippen LogP contribution >= 0.6 is 0 Å². The molecule has 0 bridgehead atoms. The molecule has 2 rings (SSSR count). The molecule has 2 aliphatic rings. The number of carboxylic acids is 1. The summed E-state index contributed by atoms with van der Waals surface area (Å²) < 4.78 is 5.46. The fraction of sp³-hybridized carbons (Fsp3) is 0.900. The van der Waals surface area contributed by atoms with E-state index in [-0.39, 0.29) is 5.92 Å². The minimum Gasteiger partial charge on any atom is -0.481 e. The van der Waals surface area contributed by atoms with Crippen molar-refractivity contribution >= 4 is 5.97 Å². The summed E-state index contributed by atoms with van der Waals surface area (Å²) in [6.07, 6.45) is 2.59. The minimum absolute atomic E-state index is 0.124. The van der Waals surface area contributed by atoms with Gasteiger partial charge in [-0.05, 0) is 19.8 Å². The predicted molar refractivity (Wildman–Crippen MR) is 51.1 cm³/mol. The van der Waals surface area contributed by atoms with Crippen molar-refractivity contribution in [1.82, 2.24) is 4.90 Å². The molecule has 1 aliphatic heterocycles. The third kappa shape index (κ3) is 1.77. The number of nitrogens with zero attached hydrogens (tertiary/aromatic N) is 1. The summed E-state index contributed by atoms with van der Waals surface area (Å²) in [7, 11) is 0. The van der Waals surface area contributed by atoms with E-state index in [1.807, 2.05) is 6.92 Å². The van der Waals surface area contributed by atoms with E-state index in [4.69, 9.17) is 9.84 Å². The monoisotopic (exact) mass is 199 g/mol. The van der Waals surface area contributed by atoms with Gasteiger partial charge in [-0.15, -0.1) is 0 Å². The Morgan fingerprint density at radius 2 is 2.14 bits per heavy atom. The maximum absolute atomic E-state index is 10.6. The Morgan fingerprint density at radius 3 is 2.64 bits per heavy atom. The summed E-state index contributed by atoms with van der Waals surface area (Å²) >= 11 is 0. The molecular weight excluding hydrogens is 182 g/mol. The van der Waals surface area contributed by atoms with E-state index < -0.39 is 5.97 Å². The van der Waals surface area contributed by atoms with Crippen molar-refractivity contribution in [3.05, 3.63) is 0 Å². The molecule has 2 fully saturated rings. The van der Waals surface area contributed by atoms with Gasteiger partial charge in [0.1, 0.15) is 0 Å². The molecule has 0 unspecified atom stereocenters. The van der Waals surface area contributed by atoms with Gasteiger partial charge in [0.05, 0.1) is 12.0 Å². The minimum atomic E-state index is -0.651. The van der Waals surface area contributed by atoms with Gasteiger partial charge in [-0.3, -0.25) is 9.69 Å². The summed E-state index contributed by atoms with van der Waals surface area (Å²) in [6.45, 7) is 4.27. The fourth-order valence-corrected chi connectivity index (χ4v) is 2.17. The summed E-state index contributed by atoms with van der Waals surface area (Å²) in [5.74, 6) is -0.775. The van der Waals surface area contributed by atoms with Gasteiger partial charge >= 0.3 is 5.97 Å². The molecule has 4 nitrogen and oxygen atoms in total. The first kappa shape index (κ1) is 9.93. The van der Waals surface area contributed by atoms with Crippen LogP contribution in [0.15, 0.2) is 0 Å². The Morgan fingerprint density at radius 1 is 1.50 bits per heavy atom. The van der Waals surface area contributed by atoms with Gasteiger partial charge in [-0.25, -0.2) is 0 Å². The Bertz CT molecular complexity index is 219. The molecule has 1 saturated carbocycles. The van der Waals surface area contributed by atoms with Crippen LogP contribution in [0.4, 0.5) is 0 Å². The number of aliphatic carboxylic acids is 1. The van der Waals surface area contributed by atoms with E-state index in [1.165, 1.54) is 0 Å². The van der Waals surface area contributed by atoms with Gasteiger partial charge in [0.25, 0.3) is 0 Å². The lowest BCUT2D eigenvalue weighted by Gasteiger charge is -2.49. The molecule has 0 atom stereocenters. The van der Waals surface area contributed by atoms with Gasteiger partial charge < -0.3 is 9.84 Å². The lowest BCUT2D eigenvalue weighted by molar-refractivity contribution is -0.152. The molecule has 0 radical (unpaired) electrons. The quantitative estimate of drug-likeness (QED) is 0.719. The highest BCUT2D eigenvalue weighted by atomic mass is 16.5. The zero-order valence-corrected chi connectivity index (χ0v) is 8.48. The second-order valence-electron chi connectivity index (χ2n) is 4.19. The first-order chi connectivity index (χ1) is 6.70. The Hall–Kier alpha value is -0.610. The van der Waals surface area contributed by atoms with Gasteiger partial charge in [0.2, 0.25) is 0 Å². The van der Waals surface area contributed by atoms with Crippen molar-refractivity contribution in [2.45, 2.75) is 31.9 Å². The number of hydrogen-bond acceptors (Lipinski definition) is 3. The maximum Gasteiger partial charge on any atom is 0.309 e. The van der Waals surface area contributed by atoms with Crippen molar-refractivity contribution < 1.29 is 14.6 Å². The van der Waals surface area contributed by atoms with Gasteiger partial charge in [-0.2, -0.15) is 0 Å². The van der Waals surface area contributed by atoms with Gasteiger partial charge in [0, 0.05) is 25.7 Å². The van der Waals surface area contributed by atoms with Gasteiger partial charge in [-0.1, -0.05) is 0 Å². The first-order valence-electron chi connectivity index (χ1n) is 5.29. The first-order valence-corrected chi connectivity index (χ1v) is 5.29. The van der Waals surface area contributed by atoms with Crippen LogP contribution in [0.25, 0.3) is 0 Å².